The van der Waals surface area contributed by atoms with Crippen molar-refractivity contribution in [3.05, 3.63) is 65.4 Å². The number of rotatable bonds is 11. The highest BCUT2D eigenvalue weighted by Gasteiger charge is 2.28. The molecular weight excluding hydrogens is 531 g/mol. The Morgan fingerprint density at radius 3 is 2.41 bits per heavy atom. The summed E-state index contributed by atoms with van der Waals surface area (Å²) in [6.07, 6.45) is 7.61. The zero-order valence-corrected chi connectivity index (χ0v) is 23.3. The summed E-state index contributed by atoms with van der Waals surface area (Å²) < 4.78 is 10.7. The van der Waals surface area contributed by atoms with Crippen LogP contribution >= 0.6 is 35.8 Å². The number of carbonyl (C=O) groups is 1. The van der Waals surface area contributed by atoms with Crippen molar-refractivity contribution in [2.75, 3.05) is 26.5 Å². The van der Waals surface area contributed by atoms with Crippen LogP contribution in [0.15, 0.2) is 60.0 Å². The highest BCUT2D eigenvalue weighted by molar-refractivity contribution is 7.99. The lowest BCUT2D eigenvalue weighted by molar-refractivity contribution is -0.119. The first kappa shape index (κ1) is 29.0. The van der Waals surface area contributed by atoms with E-state index in [2.05, 4.69) is 32.7 Å². The maximum absolute atomic E-state index is 12.6. The van der Waals surface area contributed by atoms with Crippen LogP contribution in [-0.4, -0.2) is 54.5 Å². The molecule has 2 N–H and O–H groups in total. The van der Waals surface area contributed by atoms with Crippen molar-refractivity contribution >= 4 is 41.7 Å². The standard InChI is InChI=1S/C27H31ClN4O3S.ClH/c1-34-24-11-8-19(14-25(24)35-2)20-15-30-27(31-16-20)36-17-26(33)32-23-5-3-4-22(23)29-13-12-18-6-9-21(28)10-7-18;/h6-11,14-16,22-23,29H,3-5,12-13,17H2,1-2H3,(H,32,33);1H. The summed E-state index contributed by atoms with van der Waals surface area (Å²) in [4.78, 5) is 21.5. The number of hydrogen-bond acceptors (Lipinski definition) is 7. The Balaban J connectivity index is 0.00000380. The number of halogens is 2. The Morgan fingerprint density at radius 2 is 1.70 bits per heavy atom. The minimum atomic E-state index is 0. The minimum absolute atomic E-state index is 0. The van der Waals surface area contributed by atoms with E-state index in [1.54, 1.807) is 26.6 Å². The molecule has 1 aliphatic carbocycles. The third-order valence-electron chi connectivity index (χ3n) is 6.27. The lowest BCUT2D eigenvalue weighted by Crippen LogP contribution is -2.47. The van der Waals surface area contributed by atoms with Gasteiger partial charge in [-0.1, -0.05) is 41.6 Å². The molecule has 3 aromatic rings. The van der Waals surface area contributed by atoms with Crippen LogP contribution in [0.2, 0.25) is 5.02 Å². The molecule has 1 aromatic heterocycles. The second-order valence-electron chi connectivity index (χ2n) is 8.65. The van der Waals surface area contributed by atoms with E-state index in [0.717, 1.165) is 48.4 Å². The number of amides is 1. The predicted molar refractivity (Wildman–Crippen MR) is 151 cm³/mol. The van der Waals surface area contributed by atoms with Crippen molar-refractivity contribution in [1.29, 1.82) is 0 Å². The first-order valence-corrected chi connectivity index (χ1v) is 13.4. The Kier molecular flexibility index (Phi) is 11.3. The summed E-state index contributed by atoms with van der Waals surface area (Å²) in [5.74, 6) is 1.60. The number of benzene rings is 2. The third kappa shape index (κ3) is 8.23. The number of ether oxygens (including phenoxy) is 2. The molecule has 1 saturated carbocycles. The van der Waals surface area contributed by atoms with Crippen molar-refractivity contribution in [3.63, 3.8) is 0 Å². The molecule has 1 aliphatic rings. The number of aromatic nitrogens is 2. The van der Waals surface area contributed by atoms with Crippen LogP contribution in [-0.2, 0) is 11.2 Å². The number of carbonyl (C=O) groups excluding carboxylic acids is 1. The molecule has 0 spiro atoms. The van der Waals surface area contributed by atoms with E-state index in [4.69, 9.17) is 21.1 Å². The summed E-state index contributed by atoms with van der Waals surface area (Å²) in [6.45, 7) is 0.869. The van der Waals surface area contributed by atoms with Gasteiger partial charge in [-0.25, -0.2) is 9.97 Å². The summed E-state index contributed by atoms with van der Waals surface area (Å²) in [7, 11) is 3.21. The van der Waals surface area contributed by atoms with E-state index in [9.17, 15) is 4.79 Å². The summed E-state index contributed by atoms with van der Waals surface area (Å²) in [5.41, 5.74) is 3.04. The average Bonchev–Trinajstić information content (AvgIpc) is 3.35. The molecule has 10 heteroatoms. The molecule has 0 radical (unpaired) electrons. The first-order valence-electron chi connectivity index (χ1n) is 12.0. The highest BCUT2D eigenvalue weighted by Crippen LogP contribution is 2.32. The summed E-state index contributed by atoms with van der Waals surface area (Å²) >= 11 is 7.30. The van der Waals surface area contributed by atoms with Crippen LogP contribution in [0.3, 0.4) is 0 Å². The lowest BCUT2D eigenvalue weighted by atomic mass is 10.1. The third-order valence-corrected chi connectivity index (χ3v) is 7.40. The molecular formula is C27H32Cl2N4O3S. The van der Waals surface area contributed by atoms with Crippen molar-refractivity contribution in [2.45, 2.75) is 42.9 Å². The molecule has 2 unspecified atom stereocenters. The van der Waals surface area contributed by atoms with Crippen LogP contribution in [0.25, 0.3) is 11.1 Å². The van der Waals surface area contributed by atoms with Gasteiger partial charge in [0, 0.05) is 35.1 Å². The zero-order valence-electron chi connectivity index (χ0n) is 20.9. The van der Waals surface area contributed by atoms with E-state index >= 15 is 0 Å². The van der Waals surface area contributed by atoms with Gasteiger partial charge in [-0.15, -0.1) is 12.4 Å². The number of nitrogens with one attached hydrogen (secondary N) is 2. The predicted octanol–water partition coefficient (Wildman–Crippen LogP) is 5.20. The van der Waals surface area contributed by atoms with Gasteiger partial charge >= 0.3 is 0 Å². The van der Waals surface area contributed by atoms with E-state index in [1.165, 1.54) is 17.3 Å². The van der Waals surface area contributed by atoms with Crippen molar-refractivity contribution < 1.29 is 14.3 Å². The fourth-order valence-electron chi connectivity index (χ4n) is 4.36. The molecule has 1 heterocycles. The molecule has 1 fully saturated rings. The fraction of sp³-hybridized carbons (Fsp3) is 0.370. The Labute approximate surface area is 233 Å². The van der Waals surface area contributed by atoms with Crippen molar-refractivity contribution in [3.8, 4) is 22.6 Å². The SMILES string of the molecule is COc1ccc(-c2cnc(SCC(=O)NC3CCCC3NCCc3ccc(Cl)cc3)nc2)cc1OC.Cl. The number of hydrogen-bond donors (Lipinski definition) is 2. The summed E-state index contributed by atoms with van der Waals surface area (Å²) in [5, 5.41) is 8.13. The van der Waals surface area contributed by atoms with Gasteiger partial charge in [-0.3, -0.25) is 4.79 Å². The molecule has 0 saturated heterocycles. The molecule has 0 bridgehead atoms. The monoisotopic (exact) mass is 562 g/mol. The van der Waals surface area contributed by atoms with Gasteiger partial charge in [-0.05, 0) is 67.6 Å². The lowest BCUT2D eigenvalue weighted by Gasteiger charge is -2.22. The van der Waals surface area contributed by atoms with E-state index in [-0.39, 0.29) is 30.1 Å². The number of nitrogens with zero attached hydrogens (tertiary/aromatic N) is 2. The van der Waals surface area contributed by atoms with Gasteiger partial charge in [0.2, 0.25) is 5.91 Å². The van der Waals surface area contributed by atoms with E-state index in [1.807, 2.05) is 30.3 Å². The van der Waals surface area contributed by atoms with Crippen molar-refractivity contribution in [1.82, 2.24) is 20.6 Å². The highest BCUT2D eigenvalue weighted by atomic mass is 35.5. The normalized spacial score (nSPS) is 16.6. The van der Waals surface area contributed by atoms with Crippen LogP contribution in [0, 0.1) is 0 Å². The van der Waals surface area contributed by atoms with Gasteiger partial charge in [0.15, 0.2) is 16.7 Å². The van der Waals surface area contributed by atoms with Crippen LogP contribution < -0.4 is 20.1 Å². The molecule has 1 amide bonds. The molecule has 2 aromatic carbocycles. The van der Waals surface area contributed by atoms with Gasteiger partial charge in [-0.2, -0.15) is 0 Å². The van der Waals surface area contributed by atoms with E-state index < -0.39 is 0 Å². The zero-order chi connectivity index (χ0) is 25.3. The van der Waals surface area contributed by atoms with Gasteiger partial charge in [0.25, 0.3) is 0 Å². The minimum Gasteiger partial charge on any atom is -0.493 e. The molecule has 198 valence electrons. The van der Waals surface area contributed by atoms with Gasteiger partial charge in [0.1, 0.15) is 0 Å². The van der Waals surface area contributed by atoms with Crippen molar-refractivity contribution in [2.24, 2.45) is 0 Å². The quantitative estimate of drug-likeness (QED) is 0.245. The van der Waals surface area contributed by atoms with Crippen LogP contribution in [0.4, 0.5) is 0 Å². The average molecular weight is 564 g/mol. The largest absolute Gasteiger partial charge is 0.493 e. The molecule has 7 nitrogen and oxygen atoms in total. The van der Waals surface area contributed by atoms with Crippen LogP contribution in [0.5, 0.6) is 11.5 Å². The summed E-state index contributed by atoms with van der Waals surface area (Å²) in [6, 6.07) is 14.1. The maximum Gasteiger partial charge on any atom is 0.230 e. The second-order valence-corrected chi connectivity index (χ2v) is 10.0. The van der Waals surface area contributed by atoms with Gasteiger partial charge in [0.05, 0.1) is 20.0 Å². The van der Waals surface area contributed by atoms with Gasteiger partial charge < -0.3 is 20.1 Å². The molecule has 37 heavy (non-hydrogen) atoms. The maximum atomic E-state index is 12.6. The molecule has 2 atom stereocenters. The molecule has 4 rings (SSSR count). The number of methoxy groups -OCH3 is 2. The topological polar surface area (TPSA) is 85.4 Å². The first-order chi connectivity index (χ1) is 17.6. The second kappa shape index (κ2) is 14.4. The Hall–Kier alpha value is -2.52. The number of thioether (sulfide) groups is 1. The fourth-order valence-corrected chi connectivity index (χ4v) is 5.09. The Bertz CT molecular complexity index is 1150. The Morgan fingerprint density at radius 1 is 1.00 bits per heavy atom. The van der Waals surface area contributed by atoms with Crippen LogP contribution in [0.1, 0.15) is 24.8 Å². The van der Waals surface area contributed by atoms with E-state index in [0.29, 0.717) is 22.7 Å². The smallest absolute Gasteiger partial charge is 0.230 e. The molecule has 0 aliphatic heterocycles.